The van der Waals surface area contributed by atoms with Crippen LogP contribution in [0.1, 0.15) is 52.4 Å². The molecule has 0 amide bonds. The van der Waals surface area contributed by atoms with E-state index >= 15 is 0 Å². The summed E-state index contributed by atoms with van der Waals surface area (Å²) in [6.45, 7) is 3.99. The highest BCUT2D eigenvalue weighted by Crippen LogP contribution is 2.23. The maximum Gasteiger partial charge on any atom is 0.304 e. The molecule has 0 aromatic carbocycles. The fraction of sp³-hybridized carbons (Fsp3) is 0.909. The van der Waals surface area contributed by atoms with E-state index in [1.54, 1.807) is 0 Å². The van der Waals surface area contributed by atoms with E-state index in [-0.39, 0.29) is 12.3 Å². The van der Waals surface area contributed by atoms with Crippen LogP contribution in [0, 0.1) is 5.92 Å². The molecule has 17 heavy (non-hydrogen) atoms. The van der Waals surface area contributed by atoms with Gasteiger partial charge in [-0.05, 0) is 12.3 Å². The van der Waals surface area contributed by atoms with Gasteiger partial charge in [0.25, 0.3) is 10.1 Å². The minimum atomic E-state index is -4.27. The molecule has 0 spiro atoms. The van der Waals surface area contributed by atoms with Crippen LogP contribution >= 0.6 is 0 Å². The van der Waals surface area contributed by atoms with E-state index < -0.39 is 27.8 Å². The summed E-state index contributed by atoms with van der Waals surface area (Å²) >= 11 is 0. The van der Waals surface area contributed by atoms with Crippen molar-refractivity contribution in [2.45, 2.75) is 57.6 Å². The lowest BCUT2D eigenvalue weighted by Gasteiger charge is -2.19. The second kappa shape index (κ2) is 7.66. The maximum absolute atomic E-state index is 11.1. The van der Waals surface area contributed by atoms with Gasteiger partial charge in [0.1, 0.15) is 0 Å². The Morgan fingerprint density at radius 1 is 1.29 bits per heavy atom. The van der Waals surface area contributed by atoms with E-state index in [4.69, 9.17) is 9.66 Å². The molecule has 6 heteroatoms. The molecule has 2 N–H and O–H groups in total. The Morgan fingerprint density at radius 3 is 2.24 bits per heavy atom. The minimum Gasteiger partial charge on any atom is -0.481 e. The molecule has 0 aliphatic rings. The van der Waals surface area contributed by atoms with Gasteiger partial charge in [-0.2, -0.15) is 8.42 Å². The number of hydrogen-bond acceptors (Lipinski definition) is 3. The minimum absolute atomic E-state index is 0.154. The summed E-state index contributed by atoms with van der Waals surface area (Å²) in [4.78, 5) is 10.6. The number of unbranched alkanes of at least 4 members (excludes halogenated alkanes) is 1. The molecule has 5 nitrogen and oxygen atoms in total. The van der Waals surface area contributed by atoms with Crippen LogP contribution in [0.4, 0.5) is 0 Å². The first-order chi connectivity index (χ1) is 7.81. The zero-order chi connectivity index (χ0) is 13.5. The Hall–Kier alpha value is -0.620. The number of carboxylic acid groups (broad SMARTS) is 1. The Kier molecular flexibility index (Phi) is 7.38. The van der Waals surface area contributed by atoms with Gasteiger partial charge < -0.3 is 5.11 Å². The predicted molar refractivity (Wildman–Crippen MR) is 65.5 cm³/mol. The number of aliphatic carboxylic acids is 1. The fourth-order valence-electron chi connectivity index (χ4n) is 1.86. The molecule has 0 aliphatic carbocycles. The van der Waals surface area contributed by atoms with E-state index in [0.29, 0.717) is 0 Å². The molecule has 0 aromatic rings. The van der Waals surface area contributed by atoms with Crippen molar-refractivity contribution in [2.24, 2.45) is 5.92 Å². The van der Waals surface area contributed by atoms with Crippen molar-refractivity contribution in [3.63, 3.8) is 0 Å². The largest absolute Gasteiger partial charge is 0.481 e. The molecule has 0 bridgehead atoms. The monoisotopic (exact) mass is 266 g/mol. The summed E-state index contributed by atoms with van der Waals surface area (Å²) in [6.07, 6.45) is 3.38. The quantitative estimate of drug-likeness (QED) is 0.625. The lowest BCUT2D eigenvalue weighted by molar-refractivity contribution is -0.137. The normalized spacial score (nSPS) is 15.5. The fourth-order valence-corrected chi connectivity index (χ4v) is 2.73. The van der Waals surface area contributed by atoms with Crippen molar-refractivity contribution >= 4 is 16.1 Å². The maximum atomic E-state index is 11.1. The van der Waals surface area contributed by atoms with Gasteiger partial charge in [-0.25, -0.2) is 0 Å². The van der Waals surface area contributed by atoms with Crippen LogP contribution in [-0.4, -0.2) is 29.3 Å². The summed E-state index contributed by atoms with van der Waals surface area (Å²) < 4.78 is 31.2. The molecule has 0 heterocycles. The summed E-state index contributed by atoms with van der Waals surface area (Å²) in [7, 11) is -4.27. The van der Waals surface area contributed by atoms with Crippen molar-refractivity contribution in [2.75, 3.05) is 0 Å². The van der Waals surface area contributed by atoms with Crippen molar-refractivity contribution in [1.29, 1.82) is 0 Å². The molecule has 102 valence electrons. The second-order valence-corrected chi connectivity index (χ2v) is 6.08. The van der Waals surface area contributed by atoms with Crippen molar-refractivity contribution in [1.82, 2.24) is 0 Å². The van der Waals surface area contributed by atoms with Crippen LogP contribution in [0.2, 0.25) is 0 Å². The third kappa shape index (κ3) is 7.33. The molecule has 0 radical (unpaired) electrons. The molecule has 0 fully saturated rings. The van der Waals surface area contributed by atoms with Gasteiger partial charge in [0.15, 0.2) is 0 Å². The zero-order valence-corrected chi connectivity index (χ0v) is 11.2. The van der Waals surface area contributed by atoms with E-state index in [2.05, 4.69) is 0 Å². The average molecular weight is 266 g/mol. The van der Waals surface area contributed by atoms with Crippen LogP contribution < -0.4 is 0 Å². The lowest BCUT2D eigenvalue weighted by atomic mass is 9.93. The molecule has 0 aliphatic heterocycles. The van der Waals surface area contributed by atoms with Crippen LogP contribution in [0.15, 0.2) is 0 Å². The molecular weight excluding hydrogens is 244 g/mol. The third-order valence-electron chi connectivity index (χ3n) is 2.96. The molecule has 0 saturated carbocycles. The molecule has 0 aromatic heterocycles. The number of carbonyl (C=O) groups is 1. The first-order valence-corrected chi connectivity index (χ1v) is 7.49. The summed E-state index contributed by atoms with van der Waals surface area (Å²) in [5.74, 6) is -1.04. The van der Waals surface area contributed by atoms with Crippen LogP contribution in [0.3, 0.4) is 0 Å². The number of rotatable bonds is 9. The Bertz CT molecular complexity index is 323. The van der Waals surface area contributed by atoms with Crippen molar-refractivity contribution < 1.29 is 22.9 Å². The van der Waals surface area contributed by atoms with Gasteiger partial charge in [0.2, 0.25) is 0 Å². The van der Waals surface area contributed by atoms with Gasteiger partial charge in [-0.1, -0.05) is 39.5 Å². The molecular formula is C11H22O5S. The molecule has 0 saturated heterocycles. The van der Waals surface area contributed by atoms with Crippen molar-refractivity contribution in [3.05, 3.63) is 0 Å². The highest BCUT2D eigenvalue weighted by atomic mass is 32.2. The highest BCUT2D eigenvalue weighted by molar-refractivity contribution is 7.86. The summed E-state index contributed by atoms with van der Waals surface area (Å²) in [5.41, 5.74) is 0. The molecule has 2 atom stereocenters. The topological polar surface area (TPSA) is 91.7 Å². The Balaban J connectivity index is 4.55. The smallest absolute Gasteiger partial charge is 0.304 e. The Morgan fingerprint density at radius 2 is 1.88 bits per heavy atom. The van der Waals surface area contributed by atoms with Gasteiger partial charge in [-0.3, -0.25) is 9.35 Å². The van der Waals surface area contributed by atoms with E-state index in [1.165, 1.54) is 0 Å². The van der Waals surface area contributed by atoms with Gasteiger partial charge in [-0.15, -0.1) is 0 Å². The predicted octanol–water partition coefficient (Wildman–Crippen LogP) is 2.32. The number of hydrogen-bond donors (Lipinski definition) is 2. The van der Waals surface area contributed by atoms with Crippen LogP contribution in [-0.2, 0) is 14.9 Å². The van der Waals surface area contributed by atoms with Gasteiger partial charge in [0.05, 0.1) is 11.7 Å². The zero-order valence-electron chi connectivity index (χ0n) is 10.4. The van der Waals surface area contributed by atoms with Crippen LogP contribution in [0.5, 0.6) is 0 Å². The van der Waals surface area contributed by atoms with E-state index in [0.717, 1.165) is 25.7 Å². The number of carboxylic acids is 1. The summed E-state index contributed by atoms with van der Waals surface area (Å²) in [5, 5.41) is 7.45. The average Bonchev–Trinajstić information content (AvgIpc) is 2.20. The molecule has 2 unspecified atom stereocenters. The lowest BCUT2D eigenvalue weighted by Crippen LogP contribution is -2.26. The van der Waals surface area contributed by atoms with Gasteiger partial charge >= 0.3 is 5.97 Å². The van der Waals surface area contributed by atoms with E-state index in [9.17, 15) is 13.2 Å². The molecule has 0 rings (SSSR count). The Labute approximate surface area is 103 Å². The van der Waals surface area contributed by atoms with Gasteiger partial charge in [0, 0.05) is 0 Å². The van der Waals surface area contributed by atoms with Crippen molar-refractivity contribution in [3.8, 4) is 0 Å². The standard InChI is InChI=1S/C11H22O5S/c1-3-5-6-9(4-2)7-10(8-11(12)13)17(14,15)16/h9-10H,3-8H2,1-2H3,(H,12,13)(H,14,15,16). The van der Waals surface area contributed by atoms with Crippen LogP contribution in [0.25, 0.3) is 0 Å². The first-order valence-electron chi connectivity index (χ1n) is 5.99. The third-order valence-corrected chi connectivity index (χ3v) is 4.16. The summed E-state index contributed by atoms with van der Waals surface area (Å²) in [6, 6.07) is 0. The highest BCUT2D eigenvalue weighted by Gasteiger charge is 2.28. The first kappa shape index (κ1) is 16.4. The second-order valence-electron chi connectivity index (χ2n) is 4.39. The SMILES string of the molecule is CCCCC(CC)CC(CC(=O)O)S(=O)(=O)O. The van der Waals surface area contributed by atoms with E-state index in [1.807, 2.05) is 13.8 Å².